The Morgan fingerprint density at radius 1 is 1.30 bits per heavy atom. The van der Waals surface area contributed by atoms with Gasteiger partial charge < -0.3 is 10.6 Å². The zero-order valence-electron chi connectivity index (χ0n) is 12.1. The number of piperazine rings is 1. The number of nitrogens with zero attached hydrogens (tertiary/aromatic N) is 2. The molecule has 20 heavy (non-hydrogen) atoms. The molecule has 4 nitrogen and oxygen atoms in total. The fraction of sp³-hybridized carbons (Fsp3) is 0.533. The number of anilines is 1. The predicted molar refractivity (Wildman–Crippen MR) is 82.9 cm³/mol. The van der Waals surface area contributed by atoms with Crippen molar-refractivity contribution in [3.05, 3.63) is 28.8 Å². The van der Waals surface area contributed by atoms with E-state index in [9.17, 15) is 4.79 Å². The van der Waals surface area contributed by atoms with E-state index in [-0.39, 0.29) is 5.91 Å². The Balaban J connectivity index is 1.93. The van der Waals surface area contributed by atoms with Crippen LogP contribution in [0.3, 0.4) is 0 Å². The van der Waals surface area contributed by atoms with Gasteiger partial charge in [-0.25, -0.2) is 0 Å². The van der Waals surface area contributed by atoms with Gasteiger partial charge >= 0.3 is 0 Å². The highest BCUT2D eigenvalue weighted by molar-refractivity contribution is 6.30. The van der Waals surface area contributed by atoms with Gasteiger partial charge in [-0.1, -0.05) is 17.7 Å². The summed E-state index contributed by atoms with van der Waals surface area (Å²) >= 11 is 5.87. The molecule has 0 saturated carbocycles. The second kappa shape index (κ2) is 6.46. The van der Waals surface area contributed by atoms with E-state index in [1.54, 1.807) is 12.1 Å². The number of benzene rings is 1. The molecule has 0 bridgehead atoms. The van der Waals surface area contributed by atoms with Crippen molar-refractivity contribution in [1.82, 2.24) is 9.80 Å². The average Bonchev–Trinajstić information content (AvgIpc) is 2.42. The average molecular weight is 296 g/mol. The van der Waals surface area contributed by atoms with Crippen LogP contribution in [0.25, 0.3) is 0 Å². The molecule has 0 atom stereocenters. The van der Waals surface area contributed by atoms with Gasteiger partial charge in [-0.05, 0) is 31.5 Å². The molecule has 0 radical (unpaired) electrons. The Labute approximate surface area is 125 Å². The first-order valence-corrected chi connectivity index (χ1v) is 7.41. The highest BCUT2D eigenvalue weighted by Crippen LogP contribution is 2.19. The van der Waals surface area contributed by atoms with Crippen molar-refractivity contribution >= 4 is 23.2 Å². The number of hydrogen-bond donors (Lipinski definition) is 1. The molecule has 0 aliphatic carbocycles. The number of amides is 1. The van der Waals surface area contributed by atoms with E-state index in [0.29, 0.717) is 23.2 Å². The normalized spacial score (nSPS) is 16.7. The quantitative estimate of drug-likeness (QED) is 0.868. The number of hydrogen-bond acceptors (Lipinski definition) is 3. The van der Waals surface area contributed by atoms with E-state index < -0.39 is 0 Å². The van der Waals surface area contributed by atoms with E-state index in [2.05, 4.69) is 18.7 Å². The van der Waals surface area contributed by atoms with Crippen molar-refractivity contribution < 1.29 is 4.79 Å². The van der Waals surface area contributed by atoms with Crippen LogP contribution < -0.4 is 5.73 Å². The Morgan fingerprint density at radius 3 is 2.50 bits per heavy atom. The number of carbonyl (C=O) groups is 1. The van der Waals surface area contributed by atoms with Crippen molar-refractivity contribution in [2.75, 3.05) is 31.9 Å². The number of nitrogens with two attached hydrogens (primary N) is 1. The maximum absolute atomic E-state index is 12.3. The fourth-order valence-electron chi connectivity index (χ4n) is 2.49. The molecule has 2 N–H and O–H groups in total. The third-order valence-corrected chi connectivity index (χ3v) is 4.08. The first-order chi connectivity index (χ1) is 9.47. The molecular formula is C15H22ClN3O. The monoisotopic (exact) mass is 295 g/mol. The zero-order chi connectivity index (χ0) is 14.7. The highest BCUT2D eigenvalue weighted by atomic mass is 35.5. The third-order valence-electron chi connectivity index (χ3n) is 3.85. The summed E-state index contributed by atoms with van der Waals surface area (Å²) in [5, 5.41) is 0.601. The van der Waals surface area contributed by atoms with Gasteiger partial charge in [-0.15, -0.1) is 0 Å². The molecule has 0 aromatic heterocycles. The van der Waals surface area contributed by atoms with E-state index in [4.69, 9.17) is 17.3 Å². The van der Waals surface area contributed by atoms with Crippen molar-refractivity contribution in [2.24, 2.45) is 0 Å². The summed E-state index contributed by atoms with van der Waals surface area (Å²) in [5.74, 6) is 0.141. The standard InChI is InChI=1S/C15H22ClN3O/c1-11(2)18-5-7-19(8-6-18)15(20)9-12-3-4-13(16)10-14(12)17/h3-4,10-11H,5-9,17H2,1-2H3. The van der Waals surface area contributed by atoms with Crippen molar-refractivity contribution in [2.45, 2.75) is 26.3 Å². The van der Waals surface area contributed by atoms with Gasteiger partial charge in [0.1, 0.15) is 0 Å². The molecule has 0 unspecified atom stereocenters. The molecule has 1 fully saturated rings. The summed E-state index contributed by atoms with van der Waals surface area (Å²) in [4.78, 5) is 16.6. The minimum absolute atomic E-state index is 0.141. The Bertz CT molecular complexity index is 482. The van der Waals surface area contributed by atoms with Crippen LogP contribution in [0, 0.1) is 0 Å². The van der Waals surface area contributed by atoms with Gasteiger partial charge in [-0.3, -0.25) is 9.69 Å². The van der Waals surface area contributed by atoms with Gasteiger partial charge in [0, 0.05) is 42.9 Å². The Morgan fingerprint density at radius 2 is 1.95 bits per heavy atom. The molecule has 1 aromatic rings. The molecule has 0 spiro atoms. The Hall–Kier alpha value is -1.26. The molecule has 1 heterocycles. The van der Waals surface area contributed by atoms with Crippen LogP contribution in [0.2, 0.25) is 5.02 Å². The SMILES string of the molecule is CC(C)N1CCN(C(=O)Cc2ccc(Cl)cc2N)CC1. The predicted octanol–water partition coefficient (Wildman–Crippen LogP) is 2.02. The van der Waals surface area contributed by atoms with E-state index in [0.717, 1.165) is 31.7 Å². The van der Waals surface area contributed by atoms with Gasteiger partial charge in [0.2, 0.25) is 5.91 Å². The van der Waals surface area contributed by atoms with Gasteiger partial charge in [0.25, 0.3) is 0 Å². The van der Waals surface area contributed by atoms with Crippen LogP contribution in [0.5, 0.6) is 0 Å². The van der Waals surface area contributed by atoms with Crippen molar-refractivity contribution in [3.8, 4) is 0 Å². The number of carbonyl (C=O) groups excluding carboxylic acids is 1. The maximum Gasteiger partial charge on any atom is 0.227 e. The van der Waals surface area contributed by atoms with E-state index in [1.807, 2.05) is 11.0 Å². The molecule has 2 rings (SSSR count). The molecule has 1 aromatic carbocycles. The van der Waals surface area contributed by atoms with Gasteiger partial charge in [0.15, 0.2) is 0 Å². The smallest absolute Gasteiger partial charge is 0.227 e. The minimum atomic E-state index is 0.141. The van der Waals surface area contributed by atoms with Gasteiger partial charge in [0.05, 0.1) is 6.42 Å². The fourth-order valence-corrected chi connectivity index (χ4v) is 2.67. The first-order valence-electron chi connectivity index (χ1n) is 7.03. The molecule has 1 saturated heterocycles. The third kappa shape index (κ3) is 3.64. The van der Waals surface area contributed by atoms with Crippen LogP contribution in [0.4, 0.5) is 5.69 Å². The summed E-state index contributed by atoms with van der Waals surface area (Å²) in [6.45, 7) is 7.85. The highest BCUT2D eigenvalue weighted by Gasteiger charge is 2.22. The summed E-state index contributed by atoms with van der Waals surface area (Å²) in [6.07, 6.45) is 0.352. The Kier molecular flexibility index (Phi) is 4.89. The topological polar surface area (TPSA) is 49.6 Å². The van der Waals surface area contributed by atoms with Crippen LogP contribution in [-0.4, -0.2) is 47.9 Å². The molecule has 1 aliphatic rings. The minimum Gasteiger partial charge on any atom is -0.398 e. The summed E-state index contributed by atoms with van der Waals surface area (Å²) in [5.41, 5.74) is 7.34. The largest absolute Gasteiger partial charge is 0.398 e. The zero-order valence-corrected chi connectivity index (χ0v) is 12.9. The summed E-state index contributed by atoms with van der Waals surface area (Å²) in [7, 11) is 0. The molecule has 5 heteroatoms. The number of halogens is 1. The summed E-state index contributed by atoms with van der Waals surface area (Å²) < 4.78 is 0. The van der Waals surface area contributed by atoms with Crippen LogP contribution in [0.1, 0.15) is 19.4 Å². The summed E-state index contributed by atoms with van der Waals surface area (Å²) in [6, 6.07) is 5.84. The van der Waals surface area contributed by atoms with Gasteiger partial charge in [-0.2, -0.15) is 0 Å². The van der Waals surface area contributed by atoms with Crippen LogP contribution >= 0.6 is 11.6 Å². The molecule has 1 aliphatic heterocycles. The van der Waals surface area contributed by atoms with E-state index in [1.165, 1.54) is 0 Å². The number of rotatable bonds is 3. The second-order valence-corrected chi connectivity index (χ2v) is 5.97. The van der Waals surface area contributed by atoms with Crippen LogP contribution in [0.15, 0.2) is 18.2 Å². The molecule has 110 valence electrons. The second-order valence-electron chi connectivity index (χ2n) is 5.53. The molecule has 1 amide bonds. The first kappa shape index (κ1) is 15.1. The lowest BCUT2D eigenvalue weighted by atomic mass is 10.1. The van der Waals surface area contributed by atoms with Crippen molar-refractivity contribution in [3.63, 3.8) is 0 Å². The molecular weight excluding hydrogens is 274 g/mol. The lowest BCUT2D eigenvalue weighted by Crippen LogP contribution is -2.51. The van der Waals surface area contributed by atoms with Crippen molar-refractivity contribution in [1.29, 1.82) is 0 Å². The lowest BCUT2D eigenvalue weighted by molar-refractivity contribution is -0.132. The van der Waals surface area contributed by atoms with E-state index >= 15 is 0 Å². The number of nitrogen functional groups attached to an aromatic ring is 1. The van der Waals surface area contributed by atoms with Crippen LogP contribution in [-0.2, 0) is 11.2 Å². The maximum atomic E-state index is 12.3. The lowest BCUT2D eigenvalue weighted by Gasteiger charge is -2.37.